The summed E-state index contributed by atoms with van der Waals surface area (Å²) in [4.78, 5) is 29.1. The molecule has 25 heavy (non-hydrogen) atoms. The van der Waals surface area contributed by atoms with Gasteiger partial charge < -0.3 is 15.0 Å². The van der Waals surface area contributed by atoms with Crippen molar-refractivity contribution in [3.8, 4) is 5.75 Å². The Hall–Kier alpha value is -2.55. The van der Waals surface area contributed by atoms with Crippen molar-refractivity contribution < 1.29 is 18.3 Å². The Morgan fingerprint density at radius 2 is 2.04 bits per heavy atom. The lowest BCUT2D eigenvalue weighted by molar-refractivity contribution is -0.121. The Morgan fingerprint density at radius 1 is 1.32 bits per heavy atom. The molecule has 1 heterocycles. The van der Waals surface area contributed by atoms with Gasteiger partial charge in [-0.1, -0.05) is 18.2 Å². The minimum absolute atomic E-state index is 0.0146. The molecule has 2 aromatic rings. The molecule has 0 saturated carbocycles. The van der Waals surface area contributed by atoms with E-state index in [9.17, 15) is 18.4 Å². The zero-order valence-electron chi connectivity index (χ0n) is 13.4. The van der Waals surface area contributed by atoms with Gasteiger partial charge >= 0.3 is 6.61 Å². The van der Waals surface area contributed by atoms with E-state index in [0.717, 1.165) is 0 Å². The monoisotopic (exact) mass is 369 g/mol. The molecule has 1 amide bonds. The number of aromatic nitrogens is 2. The molecule has 0 radical (unpaired) electrons. The van der Waals surface area contributed by atoms with Crippen LogP contribution in [-0.4, -0.2) is 22.5 Å². The summed E-state index contributed by atoms with van der Waals surface area (Å²) in [7, 11) is 0. The molecular formula is C16H17F2N3O3S. The first-order valence-electron chi connectivity index (χ1n) is 7.48. The number of carbonyl (C=O) groups excluding carboxylic acids is 1. The summed E-state index contributed by atoms with van der Waals surface area (Å²) in [6.07, 6.45) is 0.306. The Bertz CT molecular complexity index is 864. The fourth-order valence-corrected chi connectivity index (χ4v) is 2.55. The second-order valence-corrected chi connectivity index (χ2v) is 5.68. The number of alkyl halides is 2. The van der Waals surface area contributed by atoms with Gasteiger partial charge in [0.2, 0.25) is 5.91 Å². The Balaban J connectivity index is 1.94. The summed E-state index contributed by atoms with van der Waals surface area (Å²) in [5.41, 5.74) is 1.17. The van der Waals surface area contributed by atoms with Gasteiger partial charge in [-0.15, -0.1) is 0 Å². The van der Waals surface area contributed by atoms with Crippen LogP contribution in [0.25, 0.3) is 0 Å². The van der Waals surface area contributed by atoms with Crippen LogP contribution in [-0.2, 0) is 17.8 Å². The number of aryl methyl sites for hydroxylation is 1. The molecule has 0 aliphatic heterocycles. The van der Waals surface area contributed by atoms with Crippen molar-refractivity contribution in [1.29, 1.82) is 0 Å². The maximum absolute atomic E-state index is 12.4. The van der Waals surface area contributed by atoms with Crippen molar-refractivity contribution in [3.63, 3.8) is 0 Å². The van der Waals surface area contributed by atoms with Gasteiger partial charge in [-0.3, -0.25) is 14.6 Å². The maximum Gasteiger partial charge on any atom is 0.387 e. The minimum atomic E-state index is -2.94. The summed E-state index contributed by atoms with van der Waals surface area (Å²) in [6.45, 7) is -1.18. The topological polar surface area (TPSA) is 87.0 Å². The number of para-hydroxylation sites is 1. The number of ether oxygens (including phenoxy) is 1. The molecule has 0 aliphatic carbocycles. The van der Waals surface area contributed by atoms with Crippen LogP contribution in [0, 0.1) is 11.7 Å². The maximum atomic E-state index is 12.4. The molecule has 3 N–H and O–H groups in total. The minimum Gasteiger partial charge on any atom is -0.434 e. The Kier molecular flexibility index (Phi) is 6.40. The number of amides is 1. The number of hydrogen-bond donors (Lipinski definition) is 3. The number of benzene rings is 1. The molecule has 0 aliphatic rings. The third kappa shape index (κ3) is 5.49. The fraction of sp³-hybridized carbons (Fsp3) is 0.312. The predicted molar refractivity (Wildman–Crippen MR) is 90.2 cm³/mol. The van der Waals surface area contributed by atoms with E-state index >= 15 is 0 Å². The quantitative estimate of drug-likeness (QED) is 0.655. The van der Waals surface area contributed by atoms with Crippen LogP contribution < -0.4 is 15.6 Å². The summed E-state index contributed by atoms with van der Waals surface area (Å²) in [6, 6.07) is 6.22. The van der Waals surface area contributed by atoms with E-state index in [1.807, 2.05) is 0 Å². The van der Waals surface area contributed by atoms with Gasteiger partial charge in [-0.05, 0) is 31.6 Å². The molecule has 0 atom stereocenters. The van der Waals surface area contributed by atoms with Gasteiger partial charge in [0.05, 0.1) is 0 Å². The molecule has 0 spiro atoms. The highest BCUT2D eigenvalue weighted by molar-refractivity contribution is 7.71. The van der Waals surface area contributed by atoms with Crippen LogP contribution in [0.3, 0.4) is 0 Å². The number of carbonyl (C=O) groups is 1. The zero-order valence-corrected chi connectivity index (χ0v) is 14.2. The molecule has 1 aromatic carbocycles. The van der Waals surface area contributed by atoms with Crippen molar-refractivity contribution in [1.82, 2.24) is 15.3 Å². The first-order chi connectivity index (χ1) is 11.9. The molecule has 6 nitrogen and oxygen atoms in total. The average Bonchev–Trinajstić information content (AvgIpc) is 2.52. The molecule has 0 bridgehead atoms. The average molecular weight is 369 g/mol. The van der Waals surface area contributed by atoms with Crippen molar-refractivity contribution >= 4 is 18.1 Å². The first kappa shape index (κ1) is 18.8. The van der Waals surface area contributed by atoms with Crippen LogP contribution in [0.15, 0.2) is 29.1 Å². The molecule has 9 heteroatoms. The molecule has 0 fully saturated rings. The number of nitrogens with one attached hydrogen (secondary N) is 3. The van der Waals surface area contributed by atoms with Crippen LogP contribution in [0.2, 0.25) is 0 Å². The van der Waals surface area contributed by atoms with Crippen LogP contribution in [0.5, 0.6) is 5.75 Å². The highest BCUT2D eigenvalue weighted by atomic mass is 32.1. The number of halogens is 2. The largest absolute Gasteiger partial charge is 0.434 e. The number of aromatic amines is 2. The molecule has 1 aromatic heterocycles. The van der Waals surface area contributed by atoms with Crippen LogP contribution in [0.4, 0.5) is 8.78 Å². The van der Waals surface area contributed by atoms with E-state index < -0.39 is 6.61 Å². The first-order valence-corrected chi connectivity index (χ1v) is 7.89. The zero-order chi connectivity index (χ0) is 18.4. The Morgan fingerprint density at radius 3 is 2.72 bits per heavy atom. The van der Waals surface area contributed by atoms with Gasteiger partial charge in [0.25, 0.3) is 5.56 Å². The van der Waals surface area contributed by atoms with Crippen molar-refractivity contribution in [2.45, 2.75) is 32.9 Å². The van der Waals surface area contributed by atoms with Crippen molar-refractivity contribution in [2.24, 2.45) is 0 Å². The lowest BCUT2D eigenvalue weighted by Gasteiger charge is -2.11. The SMILES string of the molecule is Cc1[nH]c(=S)[nH]c(=O)c1CCC(=O)NCc1ccccc1OC(F)F. The molecule has 0 saturated heterocycles. The predicted octanol–water partition coefficient (Wildman–Crippen LogP) is 2.59. The lowest BCUT2D eigenvalue weighted by Crippen LogP contribution is -2.25. The lowest BCUT2D eigenvalue weighted by atomic mass is 10.1. The van der Waals surface area contributed by atoms with E-state index in [2.05, 4.69) is 20.0 Å². The summed E-state index contributed by atoms with van der Waals surface area (Å²) in [5.74, 6) is -0.297. The van der Waals surface area contributed by atoms with Crippen molar-refractivity contribution in [2.75, 3.05) is 0 Å². The molecule has 0 unspecified atom stereocenters. The van der Waals surface area contributed by atoms with Gasteiger partial charge in [-0.2, -0.15) is 8.78 Å². The standard InChI is InChI=1S/C16H17F2N3O3S/c1-9-11(14(23)21-16(25)20-9)6-7-13(22)19-8-10-4-2-3-5-12(10)24-15(17)18/h2-5,15H,6-8H2,1H3,(H,19,22)(H2,20,21,23,25). The Labute approximate surface area is 147 Å². The smallest absolute Gasteiger partial charge is 0.387 e. The van der Waals surface area contributed by atoms with E-state index in [1.54, 1.807) is 25.1 Å². The number of rotatable bonds is 7. The van der Waals surface area contributed by atoms with E-state index in [0.29, 0.717) is 16.8 Å². The summed E-state index contributed by atoms with van der Waals surface area (Å²) >= 11 is 4.86. The third-order valence-electron chi connectivity index (χ3n) is 3.52. The van der Waals surface area contributed by atoms with Crippen LogP contribution >= 0.6 is 12.2 Å². The van der Waals surface area contributed by atoms with Gasteiger partial charge in [0, 0.05) is 29.8 Å². The van der Waals surface area contributed by atoms with Crippen molar-refractivity contribution in [3.05, 3.63) is 56.2 Å². The van der Waals surface area contributed by atoms with E-state index in [-0.39, 0.29) is 41.4 Å². The van der Waals surface area contributed by atoms with Gasteiger partial charge in [-0.25, -0.2) is 0 Å². The number of H-pyrrole nitrogens is 2. The number of hydrogen-bond acceptors (Lipinski definition) is 4. The van der Waals surface area contributed by atoms with Crippen LogP contribution in [0.1, 0.15) is 23.2 Å². The second-order valence-electron chi connectivity index (χ2n) is 5.27. The van der Waals surface area contributed by atoms with E-state index in [4.69, 9.17) is 12.2 Å². The second kappa shape index (κ2) is 8.52. The molecular weight excluding hydrogens is 352 g/mol. The highest BCUT2D eigenvalue weighted by Crippen LogP contribution is 2.19. The third-order valence-corrected chi connectivity index (χ3v) is 3.73. The fourth-order valence-electron chi connectivity index (χ4n) is 2.31. The summed E-state index contributed by atoms with van der Waals surface area (Å²) < 4.78 is 29.4. The normalized spacial score (nSPS) is 10.7. The van der Waals surface area contributed by atoms with E-state index in [1.165, 1.54) is 6.07 Å². The van der Waals surface area contributed by atoms with Gasteiger partial charge in [0.15, 0.2) is 4.77 Å². The molecule has 2 rings (SSSR count). The van der Waals surface area contributed by atoms with Gasteiger partial charge in [0.1, 0.15) is 5.75 Å². The highest BCUT2D eigenvalue weighted by Gasteiger charge is 2.11. The molecule has 134 valence electrons. The summed E-state index contributed by atoms with van der Waals surface area (Å²) in [5, 5.41) is 2.63.